The molecular weight excluding hydrogens is 418 g/mol. The molecule has 0 bridgehead atoms. The highest BCUT2D eigenvalue weighted by atomic mass is 32.2. The van der Waals surface area contributed by atoms with Crippen molar-refractivity contribution in [3.63, 3.8) is 0 Å². The molecule has 0 fully saturated rings. The number of esters is 1. The molecule has 5 N–H and O–H groups in total. The first-order valence-electron chi connectivity index (χ1n) is 9.75. The van der Waals surface area contributed by atoms with E-state index in [0.29, 0.717) is 24.3 Å². The summed E-state index contributed by atoms with van der Waals surface area (Å²) in [6.45, 7) is 0.683. The Morgan fingerprint density at radius 2 is 1.93 bits per heavy atom. The lowest BCUT2D eigenvalue weighted by atomic mass is 9.98. The van der Waals surface area contributed by atoms with Gasteiger partial charge in [0.1, 0.15) is 12.1 Å². The van der Waals surface area contributed by atoms with Crippen LogP contribution in [0.2, 0.25) is 0 Å². The average molecular weight is 449 g/mol. The Bertz CT molecular complexity index is 834. The first kappa shape index (κ1) is 24.1. The molecular formula is C22H30N3O3S2+. The van der Waals surface area contributed by atoms with Crippen molar-refractivity contribution in [3.8, 4) is 11.1 Å². The second kappa shape index (κ2) is 12.5. The predicted octanol–water partition coefficient (Wildman–Crippen LogP) is 2.33. The van der Waals surface area contributed by atoms with Crippen LogP contribution in [0.15, 0.2) is 48.5 Å². The highest BCUT2D eigenvalue weighted by Crippen LogP contribution is 2.27. The highest BCUT2D eigenvalue weighted by Gasteiger charge is 2.23. The maximum atomic E-state index is 13.1. The molecule has 0 aliphatic rings. The molecule has 2 rings (SSSR count). The summed E-state index contributed by atoms with van der Waals surface area (Å²) in [5, 5.41) is 6.19. The maximum Gasteiger partial charge on any atom is 0.328 e. The fourth-order valence-electron chi connectivity index (χ4n) is 2.90. The smallest absolute Gasteiger partial charge is 0.328 e. The second-order valence-electron chi connectivity index (χ2n) is 6.89. The van der Waals surface area contributed by atoms with Gasteiger partial charge in [-0.15, -0.1) is 0 Å². The number of hydrogen-bond donors (Lipinski definition) is 4. The standard InChI is InChI=1S/C22H29N3O3S2/c1-28-22(27)20(10-11-30-2)25-21(26)18-9-8-17(24-13-16(23)14-29)12-19(18)15-6-4-3-5-7-15/h3-9,12,16,20,24,29H,10-11,13-14,23H2,1-2H3,(H,25,26)/p+1/t16-,20+/m1/s1. The number of carbonyl (C=O) groups excluding carboxylic acids is 2. The number of quaternary nitrogens is 1. The lowest BCUT2D eigenvalue weighted by Crippen LogP contribution is -2.64. The van der Waals surface area contributed by atoms with Gasteiger partial charge in [0.25, 0.3) is 5.91 Å². The van der Waals surface area contributed by atoms with Crippen molar-refractivity contribution in [1.82, 2.24) is 5.32 Å². The summed E-state index contributed by atoms with van der Waals surface area (Å²) in [6, 6.07) is 14.8. The van der Waals surface area contributed by atoms with E-state index in [4.69, 9.17) is 4.74 Å². The number of anilines is 1. The molecule has 0 unspecified atom stereocenters. The number of rotatable bonds is 11. The van der Waals surface area contributed by atoms with Crippen molar-refractivity contribution in [3.05, 3.63) is 54.1 Å². The number of thiol groups is 1. The van der Waals surface area contributed by atoms with Crippen molar-refractivity contribution in [2.24, 2.45) is 0 Å². The Balaban J connectivity index is 2.32. The summed E-state index contributed by atoms with van der Waals surface area (Å²) in [5.74, 6) is 0.683. The number of ether oxygens (including phenoxy) is 1. The summed E-state index contributed by atoms with van der Waals surface area (Å²) in [7, 11) is 1.33. The molecule has 0 spiro atoms. The molecule has 0 aliphatic carbocycles. The molecule has 8 heteroatoms. The second-order valence-corrected chi connectivity index (χ2v) is 8.24. The van der Waals surface area contributed by atoms with Gasteiger partial charge in [-0.3, -0.25) is 4.79 Å². The Labute approximate surface area is 187 Å². The minimum atomic E-state index is -0.682. The SMILES string of the molecule is COC(=O)[C@H](CCSC)NC(=O)c1ccc(NC[C@@H]([NH3+])CS)cc1-c1ccccc1. The predicted molar refractivity (Wildman–Crippen MR) is 127 cm³/mol. The van der Waals surface area contributed by atoms with Crippen LogP contribution in [-0.2, 0) is 9.53 Å². The topological polar surface area (TPSA) is 95.1 Å². The third kappa shape index (κ3) is 6.97. The van der Waals surface area contributed by atoms with Crippen LogP contribution in [0, 0.1) is 0 Å². The summed E-state index contributed by atoms with van der Waals surface area (Å²) in [5.41, 5.74) is 7.14. The van der Waals surface area contributed by atoms with Crippen LogP contribution in [0.3, 0.4) is 0 Å². The van der Waals surface area contributed by atoms with Gasteiger partial charge in [-0.2, -0.15) is 24.4 Å². The molecule has 0 saturated carbocycles. The van der Waals surface area contributed by atoms with Crippen LogP contribution in [0.5, 0.6) is 0 Å². The average Bonchev–Trinajstić information content (AvgIpc) is 2.79. The Hall–Kier alpha value is -2.16. The van der Waals surface area contributed by atoms with Gasteiger partial charge in [0, 0.05) is 17.0 Å². The molecule has 2 aromatic carbocycles. The molecule has 1 amide bonds. The monoisotopic (exact) mass is 448 g/mol. The Kier molecular flexibility index (Phi) is 10.1. The van der Waals surface area contributed by atoms with Gasteiger partial charge in [-0.05, 0) is 47.8 Å². The minimum absolute atomic E-state index is 0.175. The van der Waals surface area contributed by atoms with E-state index in [1.165, 1.54) is 7.11 Å². The molecule has 0 heterocycles. The van der Waals surface area contributed by atoms with E-state index in [0.717, 1.165) is 22.6 Å². The van der Waals surface area contributed by atoms with Crippen LogP contribution in [0.25, 0.3) is 11.1 Å². The van der Waals surface area contributed by atoms with E-state index < -0.39 is 12.0 Å². The zero-order valence-electron chi connectivity index (χ0n) is 17.4. The molecule has 0 radical (unpaired) electrons. The van der Waals surface area contributed by atoms with Crippen LogP contribution >= 0.6 is 24.4 Å². The first-order chi connectivity index (χ1) is 14.5. The van der Waals surface area contributed by atoms with Crippen LogP contribution in [-0.4, -0.2) is 55.4 Å². The number of methoxy groups -OCH3 is 1. The van der Waals surface area contributed by atoms with Crippen molar-refractivity contribution in [2.45, 2.75) is 18.5 Å². The van der Waals surface area contributed by atoms with E-state index in [2.05, 4.69) is 29.0 Å². The number of thioether (sulfide) groups is 1. The lowest BCUT2D eigenvalue weighted by Gasteiger charge is -2.18. The van der Waals surface area contributed by atoms with E-state index in [9.17, 15) is 9.59 Å². The highest BCUT2D eigenvalue weighted by molar-refractivity contribution is 7.98. The van der Waals surface area contributed by atoms with Crippen molar-refractivity contribution in [1.29, 1.82) is 0 Å². The van der Waals surface area contributed by atoms with Gasteiger partial charge in [-0.25, -0.2) is 4.79 Å². The van der Waals surface area contributed by atoms with Gasteiger partial charge >= 0.3 is 5.97 Å². The molecule has 30 heavy (non-hydrogen) atoms. The van der Waals surface area contributed by atoms with Gasteiger partial charge < -0.3 is 21.1 Å². The molecule has 0 aromatic heterocycles. The van der Waals surface area contributed by atoms with E-state index in [1.807, 2.05) is 48.7 Å². The van der Waals surface area contributed by atoms with Crippen LogP contribution in [0.1, 0.15) is 16.8 Å². The summed E-state index contributed by atoms with van der Waals surface area (Å²) in [4.78, 5) is 25.2. The fraction of sp³-hybridized carbons (Fsp3) is 0.364. The minimum Gasteiger partial charge on any atom is -0.467 e. The third-order valence-corrected chi connectivity index (χ3v) is 5.76. The summed E-state index contributed by atoms with van der Waals surface area (Å²) < 4.78 is 4.86. The number of nitrogens with one attached hydrogen (secondary N) is 2. The Morgan fingerprint density at radius 3 is 2.57 bits per heavy atom. The normalized spacial score (nSPS) is 12.7. The summed E-state index contributed by atoms with van der Waals surface area (Å²) >= 11 is 5.88. The number of hydrogen-bond acceptors (Lipinski definition) is 6. The first-order valence-corrected chi connectivity index (χ1v) is 11.8. The number of benzene rings is 2. The van der Waals surface area contributed by atoms with E-state index >= 15 is 0 Å². The van der Waals surface area contributed by atoms with Crippen molar-refractivity contribution >= 4 is 42.0 Å². The summed E-state index contributed by atoms with van der Waals surface area (Å²) in [6.07, 6.45) is 2.47. The Morgan fingerprint density at radius 1 is 1.20 bits per heavy atom. The molecule has 6 nitrogen and oxygen atoms in total. The molecule has 0 aliphatic heterocycles. The van der Waals surface area contributed by atoms with Gasteiger partial charge in [0.15, 0.2) is 0 Å². The zero-order valence-corrected chi connectivity index (χ0v) is 19.1. The van der Waals surface area contributed by atoms with Gasteiger partial charge in [-0.1, -0.05) is 30.3 Å². The molecule has 2 atom stereocenters. The molecule has 162 valence electrons. The lowest BCUT2D eigenvalue weighted by molar-refractivity contribution is -0.407. The number of carbonyl (C=O) groups is 2. The molecule has 0 saturated heterocycles. The van der Waals surface area contributed by atoms with Gasteiger partial charge in [0.05, 0.1) is 13.7 Å². The molecule has 2 aromatic rings. The number of amides is 1. The quantitative estimate of drug-likeness (QED) is 0.313. The van der Waals surface area contributed by atoms with Crippen LogP contribution in [0.4, 0.5) is 5.69 Å². The van der Waals surface area contributed by atoms with Crippen molar-refractivity contribution in [2.75, 3.05) is 36.7 Å². The fourth-order valence-corrected chi connectivity index (χ4v) is 3.50. The van der Waals surface area contributed by atoms with Crippen molar-refractivity contribution < 1.29 is 20.1 Å². The van der Waals surface area contributed by atoms with Gasteiger partial charge in [0.2, 0.25) is 0 Å². The van der Waals surface area contributed by atoms with E-state index in [-0.39, 0.29) is 11.9 Å². The largest absolute Gasteiger partial charge is 0.467 e. The van der Waals surface area contributed by atoms with E-state index in [1.54, 1.807) is 17.8 Å². The van der Waals surface area contributed by atoms with Crippen LogP contribution < -0.4 is 16.4 Å². The maximum absolute atomic E-state index is 13.1. The zero-order chi connectivity index (χ0) is 21.9. The third-order valence-electron chi connectivity index (χ3n) is 4.60.